The van der Waals surface area contributed by atoms with Crippen molar-refractivity contribution in [3.05, 3.63) is 34.9 Å². The van der Waals surface area contributed by atoms with E-state index in [0.717, 1.165) is 36.0 Å². The largest absolute Gasteiger partial charge is 0.336 e. The van der Waals surface area contributed by atoms with Gasteiger partial charge in [-0.05, 0) is 51.7 Å². The van der Waals surface area contributed by atoms with Crippen LogP contribution in [0.1, 0.15) is 54.6 Å². The number of hydrogen-bond donors (Lipinski definition) is 1. The summed E-state index contributed by atoms with van der Waals surface area (Å²) >= 11 is 0. The highest BCUT2D eigenvalue weighted by molar-refractivity contribution is 6.03. The van der Waals surface area contributed by atoms with Gasteiger partial charge in [-0.2, -0.15) is 0 Å². The molecule has 0 saturated carbocycles. The summed E-state index contributed by atoms with van der Waals surface area (Å²) in [5.74, 6) is 0.0676. The molecule has 0 radical (unpaired) electrons. The van der Waals surface area contributed by atoms with E-state index < -0.39 is 0 Å². The van der Waals surface area contributed by atoms with Crippen molar-refractivity contribution in [3.8, 4) is 0 Å². The first-order chi connectivity index (χ1) is 10.4. The Morgan fingerprint density at radius 2 is 2.09 bits per heavy atom. The number of carbonyl (C=O) groups is 2. The van der Waals surface area contributed by atoms with Gasteiger partial charge in [0.2, 0.25) is 0 Å². The maximum absolute atomic E-state index is 12.9. The Hall–Kier alpha value is -1.84. The molecule has 0 spiro atoms. The van der Waals surface area contributed by atoms with Gasteiger partial charge < -0.3 is 10.2 Å². The van der Waals surface area contributed by atoms with Gasteiger partial charge in [-0.25, -0.2) is 4.79 Å². The average Bonchev–Trinajstić information content (AvgIpc) is 2.98. The molecule has 2 unspecified atom stereocenters. The maximum atomic E-state index is 12.9. The predicted molar refractivity (Wildman–Crippen MR) is 88.3 cm³/mol. The van der Waals surface area contributed by atoms with Gasteiger partial charge in [0.15, 0.2) is 5.78 Å². The third-order valence-corrected chi connectivity index (χ3v) is 4.46. The summed E-state index contributed by atoms with van der Waals surface area (Å²) in [5.41, 5.74) is 2.79. The predicted octanol–water partition coefficient (Wildman–Crippen LogP) is 3.46. The maximum Gasteiger partial charge on any atom is 0.318 e. The molecule has 1 heterocycles. The fourth-order valence-corrected chi connectivity index (χ4v) is 2.86. The molecule has 1 aromatic carbocycles. The van der Waals surface area contributed by atoms with Gasteiger partial charge in [-0.3, -0.25) is 4.79 Å². The first-order valence-corrected chi connectivity index (χ1v) is 8.12. The molecular formula is C18H26N2O2. The molecule has 1 fully saturated rings. The molecule has 1 aliphatic rings. The number of nitrogens with one attached hydrogen (secondary N) is 1. The Bertz CT molecular complexity index is 568. The summed E-state index contributed by atoms with van der Waals surface area (Å²) in [7, 11) is 0. The Labute approximate surface area is 132 Å². The fraction of sp³-hybridized carbons (Fsp3) is 0.556. The number of carbonyl (C=O) groups excluding carboxylic acids is 2. The van der Waals surface area contributed by atoms with Gasteiger partial charge in [-0.1, -0.05) is 24.6 Å². The first kappa shape index (κ1) is 16.5. The number of benzene rings is 1. The zero-order valence-electron chi connectivity index (χ0n) is 14.0. The molecular weight excluding hydrogens is 276 g/mol. The monoisotopic (exact) mass is 302 g/mol. The minimum absolute atomic E-state index is 0.0676. The van der Waals surface area contributed by atoms with Crippen molar-refractivity contribution in [1.29, 1.82) is 0 Å². The fourth-order valence-electron chi connectivity index (χ4n) is 2.86. The minimum atomic E-state index is -0.329. The summed E-state index contributed by atoms with van der Waals surface area (Å²) in [6, 6.07) is 5.60. The lowest BCUT2D eigenvalue weighted by Crippen LogP contribution is -2.48. The molecule has 1 aliphatic heterocycles. The molecule has 1 N–H and O–H groups in total. The summed E-state index contributed by atoms with van der Waals surface area (Å²) in [6.07, 6.45) is 2.52. The lowest BCUT2D eigenvalue weighted by molar-refractivity contribution is 0.0885. The molecule has 1 aromatic rings. The van der Waals surface area contributed by atoms with Crippen molar-refractivity contribution in [3.63, 3.8) is 0 Å². The standard InChI is InChI=1S/C18H26N2O2/c1-5-14(4)19-18(22)20-10-6-7-16(20)17(21)15-11-12(2)8-9-13(15)3/h8-9,11,14,16H,5-7,10H2,1-4H3,(H,19,22). The van der Waals surface area contributed by atoms with Gasteiger partial charge in [0.05, 0.1) is 6.04 Å². The van der Waals surface area contributed by atoms with Crippen LogP contribution in [0.15, 0.2) is 18.2 Å². The van der Waals surface area contributed by atoms with Crippen LogP contribution >= 0.6 is 0 Å². The van der Waals surface area contributed by atoms with Crippen molar-refractivity contribution in [2.75, 3.05) is 6.54 Å². The number of amides is 2. The second-order valence-corrected chi connectivity index (χ2v) is 6.29. The van der Waals surface area contributed by atoms with E-state index in [-0.39, 0.29) is 23.9 Å². The number of Topliss-reactive ketones (excluding diaryl/α,β-unsaturated/α-hetero) is 1. The molecule has 4 heteroatoms. The third-order valence-electron chi connectivity index (χ3n) is 4.46. The zero-order chi connectivity index (χ0) is 16.3. The lowest BCUT2D eigenvalue weighted by atomic mass is 9.96. The molecule has 1 saturated heterocycles. The quantitative estimate of drug-likeness (QED) is 0.866. The van der Waals surface area contributed by atoms with Crippen LogP contribution in [0.2, 0.25) is 0 Å². The Balaban J connectivity index is 2.17. The van der Waals surface area contributed by atoms with E-state index in [2.05, 4.69) is 5.32 Å². The second-order valence-electron chi connectivity index (χ2n) is 6.29. The Kier molecular flexibility index (Phi) is 5.22. The summed E-state index contributed by atoms with van der Waals surface area (Å²) < 4.78 is 0. The second kappa shape index (κ2) is 6.95. The van der Waals surface area contributed by atoms with Crippen LogP contribution in [-0.4, -0.2) is 35.3 Å². The van der Waals surface area contributed by atoms with Crippen LogP contribution in [0.4, 0.5) is 4.79 Å². The van der Waals surface area contributed by atoms with Gasteiger partial charge in [-0.15, -0.1) is 0 Å². The smallest absolute Gasteiger partial charge is 0.318 e. The highest BCUT2D eigenvalue weighted by Crippen LogP contribution is 2.23. The topological polar surface area (TPSA) is 49.4 Å². The highest BCUT2D eigenvalue weighted by Gasteiger charge is 2.35. The van der Waals surface area contributed by atoms with Gasteiger partial charge >= 0.3 is 6.03 Å². The number of likely N-dealkylation sites (tertiary alicyclic amines) is 1. The summed E-state index contributed by atoms with van der Waals surface area (Å²) in [5, 5.41) is 2.97. The molecule has 2 rings (SSSR count). The number of urea groups is 1. The van der Waals surface area contributed by atoms with Crippen LogP contribution in [-0.2, 0) is 0 Å². The van der Waals surface area contributed by atoms with Gasteiger partial charge in [0.25, 0.3) is 0 Å². The minimum Gasteiger partial charge on any atom is -0.336 e. The normalized spacial score (nSPS) is 19.1. The third kappa shape index (κ3) is 3.49. The van der Waals surface area contributed by atoms with E-state index >= 15 is 0 Å². The number of nitrogens with zero attached hydrogens (tertiary/aromatic N) is 1. The van der Waals surface area contributed by atoms with Crippen LogP contribution in [0.5, 0.6) is 0 Å². The number of hydrogen-bond acceptors (Lipinski definition) is 2. The van der Waals surface area contributed by atoms with E-state index in [1.807, 2.05) is 45.9 Å². The summed E-state index contributed by atoms with van der Waals surface area (Å²) in [4.78, 5) is 26.9. The summed E-state index contributed by atoms with van der Waals surface area (Å²) in [6.45, 7) is 8.61. The Morgan fingerprint density at radius 1 is 1.36 bits per heavy atom. The Morgan fingerprint density at radius 3 is 2.77 bits per heavy atom. The lowest BCUT2D eigenvalue weighted by Gasteiger charge is -2.26. The number of rotatable bonds is 4. The van der Waals surface area contributed by atoms with E-state index in [1.165, 1.54) is 0 Å². The SMILES string of the molecule is CCC(C)NC(=O)N1CCCC1C(=O)c1cc(C)ccc1C. The first-order valence-electron chi connectivity index (χ1n) is 8.12. The van der Waals surface area contributed by atoms with E-state index in [1.54, 1.807) is 4.90 Å². The van der Waals surface area contributed by atoms with Gasteiger partial charge in [0, 0.05) is 18.2 Å². The van der Waals surface area contributed by atoms with E-state index in [9.17, 15) is 9.59 Å². The van der Waals surface area contributed by atoms with Crippen molar-refractivity contribution in [1.82, 2.24) is 10.2 Å². The number of ketones is 1. The van der Waals surface area contributed by atoms with E-state index in [0.29, 0.717) is 6.54 Å². The van der Waals surface area contributed by atoms with Crippen LogP contribution in [0.3, 0.4) is 0 Å². The van der Waals surface area contributed by atoms with Gasteiger partial charge in [0.1, 0.15) is 0 Å². The van der Waals surface area contributed by atoms with Crippen molar-refractivity contribution in [2.45, 2.75) is 59.0 Å². The molecule has 4 nitrogen and oxygen atoms in total. The van der Waals surface area contributed by atoms with Crippen LogP contribution in [0, 0.1) is 13.8 Å². The van der Waals surface area contributed by atoms with E-state index in [4.69, 9.17) is 0 Å². The molecule has 120 valence electrons. The molecule has 22 heavy (non-hydrogen) atoms. The molecule has 2 amide bonds. The average molecular weight is 302 g/mol. The van der Waals surface area contributed by atoms with Crippen molar-refractivity contribution in [2.24, 2.45) is 0 Å². The van der Waals surface area contributed by atoms with Crippen LogP contribution < -0.4 is 5.32 Å². The number of aryl methyl sites for hydroxylation is 2. The van der Waals surface area contributed by atoms with Crippen molar-refractivity contribution >= 4 is 11.8 Å². The van der Waals surface area contributed by atoms with Crippen molar-refractivity contribution < 1.29 is 9.59 Å². The molecule has 2 atom stereocenters. The van der Waals surface area contributed by atoms with Crippen LogP contribution in [0.25, 0.3) is 0 Å². The zero-order valence-corrected chi connectivity index (χ0v) is 14.0. The molecule has 0 aromatic heterocycles. The molecule has 0 aliphatic carbocycles. The molecule has 0 bridgehead atoms. The highest BCUT2D eigenvalue weighted by atomic mass is 16.2.